The van der Waals surface area contributed by atoms with E-state index in [1.807, 2.05) is 0 Å². The highest BCUT2D eigenvalue weighted by atomic mass is 32.2. The molecule has 1 atom stereocenters. The van der Waals surface area contributed by atoms with Crippen molar-refractivity contribution >= 4 is 9.84 Å². The summed E-state index contributed by atoms with van der Waals surface area (Å²) in [5, 5.41) is 3.21. The lowest BCUT2D eigenvalue weighted by atomic mass is 10.0. The number of sulfone groups is 1. The van der Waals surface area contributed by atoms with E-state index in [1.165, 1.54) is 18.2 Å². The molecule has 1 aliphatic heterocycles. The fourth-order valence-electron chi connectivity index (χ4n) is 2.43. The monoisotopic (exact) mass is 271 g/mol. The van der Waals surface area contributed by atoms with Crippen LogP contribution >= 0.6 is 0 Å². The summed E-state index contributed by atoms with van der Waals surface area (Å²) in [4.78, 5) is 0.259. The fourth-order valence-corrected chi connectivity index (χ4v) is 4.34. The molecular weight excluding hydrogens is 253 g/mol. The normalized spacial score (nSPS) is 20.9. The molecule has 100 valence electrons. The number of rotatable bonds is 3. The molecule has 0 saturated carbocycles. The van der Waals surface area contributed by atoms with Crippen LogP contribution in [0.3, 0.4) is 0 Å². The molecule has 0 spiro atoms. The molecule has 5 heteroatoms. The molecule has 1 N–H and O–H groups in total. The van der Waals surface area contributed by atoms with E-state index in [9.17, 15) is 12.8 Å². The predicted molar refractivity (Wildman–Crippen MR) is 68.8 cm³/mol. The van der Waals surface area contributed by atoms with Crippen LogP contribution in [0.2, 0.25) is 0 Å². The van der Waals surface area contributed by atoms with Crippen LogP contribution in [-0.4, -0.2) is 27.3 Å². The molecule has 1 aliphatic rings. The summed E-state index contributed by atoms with van der Waals surface area (Å²) in [5.74, 6) is -0.0917. The van der Waals surface area contributed by atoms with Crippen LogP contribution in [0.5, 0.6) is 0 Å². The Morgan fingerprint density at radius 1 is 1.44 bits per heavy atom. The van der Waals surface area contributed by atoms with Gasteiger partial charge in [-0.1, -0.05) is 0 Å². The van der Waals surface area contributed by atoms with Crippen molar-refractivity contribution in [1.29, 1.82) is 0 Å². The molecule has 0 aromatic heterocycles. The zero-order valence-electron chi connectivity index (χ0n) is 10.4. The number of halogens is 1. The average molecular weight is 271 g/mol. The first kappa shape index (κ1) is 13.5. The van der Waals surface area contributed by atoms with Crippen molar-refractivity contribution in [3.63, 3.8) is 0 Å². The number of nitrogens with one attached hydrogen (secondary N) is 1. The Labute approximate surface area is 107 Å². The van der Waals surface area contributed by atoms with Gasteiger partial charge in [0.1, 0.15) is 5.82 Å². The molecule has 2 rings (SSSR count). The van der Waals surface area contributed by atoms with Gasteiger partial charge in [-0.2, -0.15) is 0 Å². The minimum atomic E-state index is -3.31. The molecule has 0 amide bonds. The molecular formula is C13H18FNO2S. The molecule has 1 fully saturated rings. The standard InChI is InChI=1S/C13H18FNO2S/c1-10-7-12(14)4-5-13(10)18(16,17)9-11-3-2-6-15-8-11/h4-5,7,11,15H,2-3,6,8-9H2,1H3. The van der Waals surface area contributed by atoms with E-state index in [2.05, 4.69) is 5.32 Å². The zero-order valence-corrected chi connectivity index (χ0v) is 11.3. The van der Waals surface area contributed by atoms with Gasteiger partial charge in [-0.3, -0.25) is 0 Å². The first-order chi connectivity index (χ1) is 8.49. The molecule has 1 aromatic rings. The van der Waals surface area contributed by atoms with Crippen LogP contribution in [-0.2, 0) is 9.84 Å². The van der Waals surface area contributed by atoms with Gasteiger partial charge in [0.05, 0.1) is 10.6 Å². The predicted octanol–water partition coefficient (Wildman–Crippen LogP) is 1.91. The molecule has 1 unspecified atom stereocenters. The van der Waals surface area contributed by atoms with Crippen molar-refractivity contribution in [1.82, 2.24) is 5.32 Å². The van der Waals surface area contributed by atoms with Crippen LogP contribution in [0.1, 0.15) is 18.4 Å². The Hall–Kier alpha value is -0.940. The van der Waals surface area contributed by atoms with E-state index in [-0.39, 0.29) is 16.6 Å². The van der Waals surface area contributed by atoms with Gasteiger partial charge in [0.25, 0.3) is 0 Å². The Bertz CT molecular complexity index is 522. The van der Waals surface area contributed by atoms with Crippen LogP contribution < -0.4 is 5.32 Å². The zero-order chi connectivity index (χ0) is 13.2. The second-order valence-electron chi connectivity index (χ2n) is 4.90. The first-order valence-electron chi connectivity index (χ1n) is 6.19. The van der Waals surface area contributed by atoms with Gasteiger partial charge in [-0.25, -0.2) is 12.8 Å². The van der Waals surface area contributed by atoms with Crippen molar-refractivity contribution in [2.75, 3.05) is 18.8 Å². The number of hydrogen-bond acceptors (Lipinski definition) is 3. The average Bonchev–Trinajstić information content (AvgIpc) is 2.29. The van der Waals surface area contributed by atoms with Crippen LogP contribution in [0.4, 0.5) is 4.39 Å². The third-order valence-corrected chi connectivity index (χ3v) is 5.36. The SMILES string of the molecule is Cc1cc(F)ccc1S(=O)(=O)CC1CCCNC1. The number of hydrogen-bond donors (Lipinski definition) is 1. The van der Waals surface area contributed by atoms with Gasteiger partial charge in [0, 0.05) is 0 Å². The van der Waals surface area contributed by atoms with Crippen molar-refractivity contribution in [2.24, 2.45) is 5.92 Å². The second-order valence-corrected chi connectivity index (χ2v) is 6.91. The highest BCUT2D eigenvalue weighted by Gasteiger charge is 2.24. The summed E-state index contributed by atoms with van der Waals surface area (Å²) in [7, 11) is -3.31. The third-order valence-electron chi connectivity index (χ3n) is 3.33. The van der Waals surface area contributed by atoms with Gasteiger partial charge >= 0.3 is 0 Å². The minimum absolute atomic E-state index is 0.145. The second kappa shape index (κ2) is 5.36. The smallest absolute Gasteiger partial charge is 0.178 e. The van der Waals surface area contributed by atoms with E-state index in [1.54, 1.807) is 6.92 Å². The Balaban J connectivity index is 2.19. The Morgan fingerprint density at radius 3 is 2.83 bits per heavy atom. The molecule has 3 nitrogen and oxygen atoms in total. The van der Waals surface area contributed by atoms with Gasteiger partial charge in [-0.15, -0.1) is 0 Å². The van der Waals surface area contributed by atoms with Crippen LogP contribution in [0.25, 0.3) is 0 Å². The highest BCUT2D eigenvalue weighted by Crippen LogP contribution is 2.22. The van der Waals surface area contributed by atoms with E-state index >= 15 is 0 Å². The maximum absolute atomic E-state index is 13.0. The van der Waals surface area contributed by atoms with Gasteiger partial charge in [0.2, 0.25) is 0 Å². The maximum atomic E-state index is 13.0. The largest absolute Gasteiger partial charge is 0.316 e. The molecule has 0 bridgehead atoms. The van der Waals surface area contributed by atoms with Gasteiger partial charge in [-0.05, 0) is 62.5 Å². The van der Waals surface area contributed by atoms with Crippen molar-refractivity contribution < 1.29 is 12.8 Å². The maximum Gasteiger partial charge on any atom is 0.178 e. The van der Waals surface area contributed by atoms with E-state index < -0.39 is 15.7 Å². The molecule has 1 aromatic carbocycles. The Kier molecular flexibility index (Phi) is 4.02. The lowest BCUT2D eigenvalue weighted by Crippen LogP contribution is -2.33. The van der Waals surface area contributed by atoms with E-state index in [0.717, 1.165) is 25.9 Å². The number of benzene rings is 1. The van der Waals surface area contributed by atoms with E-state index in [4.69, 9.17) is 0 Å². The van der Waals surface area contributed by atoms with Crippen molar-refractivity contribution in [3.8, 4) is 0 Å². The summed E-state index contributed by atoms with van der Waals surface area (Å²) in [6, 6.07) is 3.85. The highest BCUT2D eigenvalue weighted by molar-refractivity contribution is 7.91. The number of aryl methyl sites for hydroxylation is 1. The molecule has 0 radical (unpaired) electrons. The van der Waals surface area contributed by atoms with E-state index in [0.29, 0.717) is 5.56 Å². The summed E-state index contributed by atoms with van der Waals surface area (Å²) >= 11 is 0. The van der Waals surface area contributed by atoms with Crippen molar-refractivity contribution in [2.45, 2.75) is 24.7 Å². The van der Waals surface area contributed by atoms with Gasteiger partial charge in [0.15, 0.2) is 9.84 Å². The topological polar surface area (TPSA) is 46.2 Å². The summed E-state index contributed by atoms with van der Waals surface area (Å²) in [5.41, 5.74) is 0.485. The van der Waals surface area contributed by atoms with Gasteiger partial charge < -0.3 is 5.32 Å². The lowest BCUT2D eigenvalue weighted by Gasteiger charge is -2.22. The Morgan fingerprint density at radius 2 is 2.22 bits per heavy atom. The minimum Gasteiger partial charge on any atom is -0.316 e. The lowest BCUT2D eigenvalue weighted by molar-refractivity contribution is 0.404. The number of piperidine rings is 1. The summed E-state index contributed by atoms with van der Waals surface area (Å²) < 4.78 is 37.6. The molecule has 1 saturated heterocycles. The fraction of sp³-hybridized carbons (Fsp3) is 0.538. The molecule has 18 heavy (non-hydrogen) atoms. The first-order valence-corrected chi connectivity index (χ1v) is 7.84. The van der Waals surface area contributed by atoms with Crippen LogP contribution in [0.15, 0.2) is 23.1 Å². The third kappa shape index (κ3) is 3.09. The molecule has 1 heterocycles. The quantitative estimate of drug-likeness (QED) is 0.854. The summed E-state index contributed by atoms with van der Waals surface area (Å²) in [6.45, 7) is 3.35. The van der Waals surface area contributed by atoms with Crippen LogP contribution in [0, 0.1) is 18.7 Å². The summed E-state index contributed by atoms with van der Waals surface area (Å²) in [6.07, 6.45) is 1.95. The molecule has 0 aliphatic carbocycles. The van der Waals surface area contributed by atoms with Crippen molar-refractivity contribution in [3.05, 3.63) is 29.6 Å².